The van der Waals surface area contributed by atoms with Gasteiger partial charge < -0.3 is 15.2 Å². The number of hydrogen-bond donors (Lipinski definition) is 2. The highest BCUT2D eigenvalue weighted by Crippen LogP contribution is 2.37. The van der Waals surface area contributed by atoms with Gasteiger partial charge in [0, 0.05) is 12.1 Å². The van der Waals surface area contributed by atoms with Gasteiger partial charge in [-0.05, 0) is 46.1 Å². The molecule has 0 spiro atoms. The fourth-order valence-electron chi connectivity index (χ4n) is 2.63. The molecule has 2 atom stereocenters. The number of ether oxygens (including phenoxy) is 1. The Morgan fingerprint density at radius 1 is 1.53 bits per heavy atom. The molecule has 2 unspecified atom stereocenters. The molecule has 0 amide bonds. The first-order valence-corrected chi connectivity index (χ1v) is 6.06. The fraction of sp³-hybridized carbons (Fsp3) is 1.00. The van der Waals surface area contributed by atoms with Crippen molar-refractivity contribution in [3.8, 4) is 0 Å². The van der Waals surface area contributed by atoms with Crippen LogP contribution in [0.2, 0.25) is 0 Å². The molecule has 1 rings (SSSR count). The van der Waals surface area contributed by atoms with Gasteiger partial charge in [-0.2, -0.15) is 0 Å². The van der Waals surface area contributed by atoms with E-state index in [1.165, 1.54) is 12.8 Å². The van der Waals surface area contributed by atoms with E-state index in [0.29, 0.717) is 12.0 Å². The van der Waals surface area contributed by atoms with Crippen LogP contribution in [0.5, 0.6) is 0 Å². The third kappa shape index (κ3) is 3.16. The zero-order valence-corrected chi connectivity index (χ0v) is 10.3. The SMILES string of the molecule is CNC1(CO)CCCC1CCOC(C)C. The lowest BCUT2D eigenvalue weighted by Gasteiger charge is -2.33. The average Bonchev–Trinajstić information content (AvgIpc) is 2.61. The summed E-state index contributed by atoms with van der Waals surface area (Å²) in [6, 6.07) is 0. The molecule has 0 radical (unpaired) electrons. The van der Waals surface area contributed by atoms with Gasteiger partial charge in [-0.1, -0.05) is 6.42 Å². The van der Waals surface area contributed by atoms with Gasteiger partial charge in [-0.15, -0.1) is 0 Å². The van der Waals surface area contributed by atoms with Crippen molar-refractivity contribution in [1.82, 2.24) is 5.32 Å². The van der Waals surface area contributed by atoms with E-state index in [1.54, 1.807) is 0 Å². The van der Waals surface area contributed by atoms with Crippen LogP contribution in [-0.4, -0.2) is 37.0 Å². The van der Waals surface area contributed by atoms with Crippen LogP contribution in [0.4, 0.5) is 0 Å². The molecule has 2 N–H and O–H groups in total. The van der Waals surface area contributed by atoms with E-state index < -0.39 is 0 Å². The molecule has 1 aliphatic carbocycles. The maximum Gasteiger partial charge on any atom is 0.0615 e. The molecule has 1 fully saturated rings. The summed E-state index contributed by atoms with van der Waals surface area (Å²) in [5.41, 5.74) is -0.0413. The summed E-state index contributed by atoms with van der Waals surface area (Å²) in [6.45, 7) is 5.18. The van der Waals surface area contributed by atoms with Crippen LogP contribution in [-0.2, 0) is 4.74 Å². The first kappa shape index (κ1) is 12.9. The third-order valence-electron chi connectivity index (χ3n) is 3.65. The summed E-state index contributed by atoms with van der Waals surface area (Å²) in [6.07, 6.45) is 4.88. The van der Waals surface area contributed by atoms with E-state index in [-0.39, 0.29) is 12.1 Å². The molecule has 3 heteroatoms. The molecule has 0 heterocycles. The van der Waals surface area contributed by atoms with Gasteiger partial charge >= 0.3 is 0 Å². The van der Waals surface area contributed by atoms with Gasteiger partial charge in [0.15, 0.2) is 0 Å². The van der Waals surface area contributed by atoms with Crippen molar-refractivity contribution in [2.75, 3.05) is 20.3 Å². The summed E-state index contributed by atoms with van der Waals surface area (Å²) < 4.78 is 5.58. The van der Waals surface area contributed by atoms with Gasteiger partial charge in [0.2, 0.25) is 0 Å². The normalized spacial score (nSPS) is 31.4. The Morgan fingerprint density at radius 3 is 2.80 bits per heavy atom. The summed E-state index contributed by atoms with van der Waals surface area (Å²) in [5.74, 6) is 0.561. The summed E-state index contributed by atoms with van der Waals surface area (Å²) >= 11 is 0. The Balaban J connectivity index is 2.39. The number of likely N-dealkylation sites (N-methyl/N-ethyl adjacent to an activating group) is 1. The van der Waals surface area contributed by atoms with Crippen LogP contribution in [0.25, 0.3) is 0 Å². The Morgan fingerprint density at radius 2 is 2.27 bits per heavy atom. The lowest BCUT2D eigenvalue weighted by atomic mass is 9.86. The quantitative estimate of drug-likeness (QED) is 0.706. The molecule has 0 aromatic carbocycles. The molecule has 0 bridgehead atoms. The Bertz CT molecular complexity index is 178. The zero-order chi connectivity index (χ0) is 11.3. The fourth-order valence-corrected chi connectivity index (χ4v) is 2.63. The number of aliphatic hydroxyl groups excluding tert-OH is 1. The second-order valence-electron chi connectivity index (χ2n) is 4.86. The van der Waals surface area contributed by atoms with Gasteiger partial charge in [0.25, 0.3) is 0 Å². The highest BCUT2D eigenvalue weighted by molar-refractivity contribution is 4.97. The van der Waals surface area contributed by atoms with Gasteiger partial charge in [0.05, 0.1) is 12.7 Å². The molecule has 3 nitrogen and oxygen atoms in total. The largest absolute Gasteiger partial charge is 0.394 e. The third-order valence-corrected chi connectivity index (χ3v) is 3.65. The van der Waals surface area contributed by atoms with Crippen molar-refractivity contribution in [2.45, 2.75) is 51.2 Å². The molecule has 15 heavy (non-hydrogen) atoms. The molecule has 0 aliphatic heterocycles. The smallest absolute Gasteiger partial charge is 0.0615 e. The standard InChI is InChI=1S/C12H25NO2/c1-10(2)15-8-6-11-5-4-7-12(11,9-14)13-3/h10-11,13-14H,4-9H2,1-3H3. The van der Waals surface area contributed by atoms with Crippen LogP contribution in [0.1, 0.15) is 39.5 Å². The lowest BCUT2D eigenvalue weighted by Crippen LogP contribution is -2.49. The topological polar surface area (TPSA) is 41.5 Å². The number of hydrogen-bond acceptors (Lipinski definition) is 3. The first-order chi connectivity index (χ1) is 7.14. The van der Waals surface area contributed by atoms with Crippen molar-refractivity contribution < 1.29 is 9.84 Å². The van der Waals surface area contributed by atoms with Crippen molar-refractivity contribution in [3.63, 3.8) is 0 Å². The number of nitrogens with one attached hydrogen (secondary N) is 1. The molecule has 90 valence electrons. The highest BCUT2D eigenvalue weighted by Gasteiger charge is 2.40. The second kappa shape index (κ2) is 5.83. The highest BCUT2D eigenvalue weighted by atomic mass is 16.5. The maximum atomic E-state index is 9.49. The van der Waals surface area contributed by atoms with Crippen molar-refractivity contribution in [1.29, 1.82) is 0 Å². The van der Waals surface area contributed by atoms with Crippen LogP contribution in [0, 0.1) is 5.92 Å². The molecule has 1 saturated carbocycles. The van der Waals surface area contributed by atoms with Gasteiger partial charge in [-0.25, -0.2) is 0 Å². The predicted octanol–water partition coefficient (Wildman–Crippen LogP) is 1.55. The van der Waals surface area contributed by atoms with Crippen molar-refractivity contribution >= 4 is 0 Å². The monoisotopic (exact) mass is 215 g/mol. The molecular formula is C12H25NO2. The number of rotatable bonds is 6. The summed E-state index contributed by atoms with van der Waals surface area (Å²) in [7, 11) is 1.96. The lowest BCUT2D eigenvalue weighted by molar-refractivity contribution is 0.0505. The van der Waals surface area contributed by atoms with Crippen LogP contribution in [0.3, 0.4) is 0 Å². The molecule has 0 aromatic heterocycles. The molecule has 1 aliphatic rings. The van der Waals surface area contributed by atoms with E-state index in [1.807, 2.05) is 7.05 Å². The van der Waals surface area contributed by atoms with E-state index in [2.05, 4.69) is 19.2 Å². The maximum absolute atomic E-state index is 9.49. The van der Waals surface area contributed by atoms with Crippen molar-refractivity contribution in [2.24, 2.45) is 5.92 Å². The summed E-state index contributed by atoms with van der Waals surface area (Å²) in [5, 5.41) is 12.8. The van der Waals surface area contributed by atoms with E-state index in [0.717, 1.165) is 19.4 Å². The number of aliphatic hydroxyl groups is 1. The predicted molar refractivity (Wildman–Crippen MR) is 61.9 cm³/mol. The molecule has 0 aromatic rings. The Kier molecular flexibility index (Phi) is 5.03. The molecular weight excluding hydrogens is 190 g/mol. The van der Waals surface area contributed by atoms with Crippen LogP contribution in [0.15, 0.2) is 0 Å². The zero-order valence-electron chi connectivity index (χ0n) is 10.3. The van der Waals surface area contributed by atoms with E-state index in [4.69, 9.17) is 4.74 Å². The van der Waals surface area contributed by atoms with Crippen molar-refractivity contribution in [3.05, 3.63) is 0 Å². The van der Waals surface area contributed by atoms with E-state index in [9.17, 15) is 5.11 Å². The summed E-state index contributed by atoms with van der Waals surface area (Å²) in [4.78, 5) is 0. The molecule has 0 saturated heterocycles. The van der Waals surface area contributed by atoms with Gasteiger partial charge in [-0.3, -0.25) is 0 Å². The minimum absolute atomic E-state index is 0.0413. The van der Waals surface area contributed by atoms with Crippen LogP contribution < -0.4 is 5.32 Å². The average molecular weight is 215 g/mol. The Labute approximate surface area is 93.2 Å². The Hall–Kier alpha value is -0.120. The minimum atomic E-state index is -0.0413. The minimum Gasteiger partial charge on any atom is -0.394 e. The first-order valence-electron chi connectivity index (χ1n) is 6.06. The van der Waals surface area contributed by atoms with E-state index >= 15 is 0 Å². The van der Waals surface area contributed by atoms with Gasteiger partial charge in [0.1, 0.15) is 0 Å². The van der Waals surface area contributed by atoms with Crippen LogP contribution >= 0.6 is 0 Å². The second-order valence-corrected chi connectivity index (χ2v) is 4.86.